The lowest BCUT2D eigenvalue weighted by Crippen LogP contribution is -1.97. The van der Waals surface area contributed by atoms with Crippen molar-refractivity contribution in [3.63, 3.8) is 0 Å². The monoisotopic (exact) mass is 248 g/mol. The molecule has 0 saturated carbocycles. The molecule has 0 spiro atoms. The summed E-state index contributed by atoms with van der Waals surface area (Å²) in [7, 11) is -4.27. The van der Waals surface area contributed by atoms with E-state index >= 15 is 0 Å². The third-order valence-electron chi connectivity index (χ3n) is 2.65. The van der Waals surface area contributed by atoms with E-state index < -0.39 is 10.1 Å². The van der Waals surface area contributed by atoms with Gasteiger partial charge in [0.1, 0.15) is 10.5 Å². The van der Waals surface area contributed by atoms with Crippen molar-refractivity contribution >= 4 is 32.1 Å². The van der Waals surface area contributed by atoms with Crippen LogP contribution in [0.5, 0.6) is 0 Å². The van der Waals surface area contributed by atoms with E-state index in [-0.39, 0.29) is 10.5 Å². The van der Waals surface area contributed by atoms with Crippen molar-refractivity contribution in [2.75, 3.05) is 0 Å². The summed E-state index contributed by atoms with van der Waals surface area (Å²) >= 11 is 0. The van der Waals surface area contributed by atoms with E-state index in [4.69, 9.17) is 8.97 Å². The Kier molecular flexibility index (Phi) is 2.01. The molecule has 1 heterocycles. The summed E-state index contributed by atoms with van der Waals surface area (Å²) in [6, 6.07) is 11.9. The third kappa shape index (κ3) is 1.51. The summed E-state index contributed by atoms with van der Waals surface area (Å²) in [6.07, 6.45) is 0. The van der Waals surface area contributed by atoms with Crippen LogP contribution < -0.4 is 0 Å². The summed E-state index contributed by atoms with van der Waals surface area (Å²) in [5.74, 6) is 0. The second-order valence-corrected chi connectivity index (χ2v) is 5.10. The van der Waals surface area contributed by atoms with E-state index in [2.05, 4.69) is 0 Å². The number of hydrogen-bond acceptors (Lipinski definition) is 3. The lowest BCUT2D eigenvalue weighted by Gasteiger charge is -1.96. The zero-order valence-corrected chi connectivity index (χ0v) is 9.44. The summed E-state index contributed by atoms with van der Waals surface area (Å²) in [5, 5.41) is 1.50. The molecule has 5 heteroatoms. The minimum atomic E-state index is -4.27. The summed E-state index contributed by atoms with van der Waals surface area (Å²) in [6.45, 7) is 0. The lowest BCUT2D eigenvalue weighted by atomic mass is 10.1. The molecule has 0 aliphatic heterocycles. The molecule has 1 N–H and O–H groups in total. The van der Waals surface area contributed by atoms with Crippen molar-refractivity contribution in [1.29, 1.82) is 0 Å². The van der Waals surface area contributed by atoms with E-state index in [0.29, 0.717) is 11.0 Å². The Hall–Kier alpha value is -1.85. The third-order valence-corrected chi connectivity index (χ3v) is 3.52. The van der Waals surface area contributed by atoms with Crippen LogP contribution in [0.15, 0.2) is 51.8 Å². The largest absolute Gasteiger partial charge is 0.455 e. The number of benzene rings is 2. The predicted octanol–water partition coefficient (Wildman–Crippen LogP) is 2.83. The Morgan fingerprint density at radius 3 is 2.41 bits per heavy atom. The molecular weight excluding hydrogens is 240 g/mol. The van der Waals surface area contributed by atoms with Crippen LogP contribution in [0.3, 0.4) is 0 Å². The fraction of sp³-hybridized carbons (Fsp3) is 0. The molecule has 0 aliphatic rings. The first-order valence-corrected chi connectivity index (χ1v) is 6.39. The van der Waals surface area contributed by atoms with Gasteiger partial charge in [0.2, 0.25) is 0 Å². The molecule has 0 atom stereocenters. The molecule has 0 fully saturated rings. The van der Waals surface area contributed by atoms with Gasteiger partial charge in [-0.2, -0.15) is 8.42 Å². The molecular formula is C12H8O4S. The van der Waals surface area contributed by atoms with Crippen LogP contribution >= 0.6 is 0 Å². The average Bonchev–Trinajstić information content (AvgIpc) is 2.65. The molecule has 1 aromatic heterocycles. The van der Waals surface area contributed by atoms with Crippen molar-refractivity contribution < 1.29 is 17.4 Å². The van der Waals surface area contributed by atoms with Crippen LogP contribution in [0.4, 0.5) is 0 Å². The number of furan rings is 1. The second kappa shape index (κ2) is 3.32. The van der Waals surface area contributed by atoms with Gasteiger partial charge in [0.25, 0.3) is 10.1 Å². The molecule has 17 heavy (non-hydrogen) atoms. The van der Waals surface area contributed by atoms with Crippen molar-refractivity contribution in [2.24, 2.45) is 0 Å². The zero-order valence-electron chi connectivity index (χ0n) is 8.62. The Bertz CT molecular complexity index is 815. The topological polar surface area (TPSA) is 67.5 Å². The van der Waals surface area contributed by atoms with Crippen LogP contribution in [0.25, 0.3) is 21.9 Å². The molecule has 0 unspecified atom stereocenters. The van der Waals surface area contributed by atoms with Crippen LogP contribution in [0.1, 0.15) is 0 Å². The normalized spacial score (nSPS) is 12.3. The fourth-order valence-electron chi connectivity index (χ4n) is 1.92. The standard InChI is InChI=1S/C12H8O4S/c13-17(14,15)11-7-3-5-9-8-4-1-2-6-10(8)16-12(9)11/h1-7H,(H,13,14,15). The van der Waals surface area contributed by atoms with Crippen LogP contribution in [-0.2, 0) is 10.1 Å². The number of hydrogen-bond donors (Lipinski definition) is 1. The van der Waals surface area contributed by atoms with E-state index in [0.717, 1.165) is 5.39 Å². The Morgan fingerprint density at radius 1 is 0.941 bits per heavy atom. The predicted molar refractivity (Wildman–Crippen MR) is 63.5 cm³/mol. The number of rotatable bonds is 1. The smallest absolute Gasteiger partial charge is 0.298 e. The van der Waals surface area contributed by atoms with Gasteiger partial charge in [0.05, 0.1) is 0 Å². The molecule has 4 nitrogen and oxygen atoms in total. The lowest BCUT2D eigenvalue weighted by molar-refractivity contribution is 0.482. The van der Waals surface area contributed by atoms with E-state index in [9.17, 15) is 8.42 Å². The van der Waals surface area contributed by atoms with Crippen LogP contribution in [0.2, 0.25) is 0 Å². The van der Waals surface area contributed by atoms with Gasteiger partial charge in [-0.05, 0) is 12.1 Å². The fourth-order valence-corrected chi connectivity index (χ4v) is 2.56. The van der Waals surface area contributed by atoms with Gasteiger partial charge in [-0.25, -0.2) is 0 Å². The highest BCUT2D eigenvalue weighted by molar-refractivity contribution is 7.86. The number of fused-ring (bicyclic) bond motifs is 3. The highest BCUT2D eigenvalue weighted by Gasteiger charge is 2.18. The molecule has 0 amide bonds. The highest BCUT2D eigenvalue weighted by Crippen LogP contribution is 2.32. The van der Waals surface area contributed by atoms with Gasteiger partial charge in [0, 0.05) is 10.8 Å². The van der Waals surface area contributed by atoms with Gasteiger partial charge in [-0.15, -0.1) is 0 Å². The van der Waals surface area contributed by atoms with Gasteiger partial charge >= 0.3 is 0 Å². The molecule has 3 rings (SSSR count). The van der Waals surface area contributed by atoms with Gasteiger partial charge < -0.3 is 4.42 Å². The van der Waals surface area contributed by atoms with Crippen molar-refractivity contribution in [1.82, 2.24) is 0 Å². The maximum absolute atomic E-state index is 11.2. The van der Waals surface area contributed by atoms with Gasteiger partial charge in [-0.1, -0.05) is 30.3 Å². The van der Waals surface area contributed by atoms with Gasteiger partial charge in [-0.3, -0.25) is 4.55 Å². The van der Waals surface area contributed by atoms with Crippen molar-refractivity contribution in [3.8, 4) is 0 Å². The molecule has 0 aliphatic carbocycles. The Labute approximate surface area is 97.2 Å². The SMILES string of the molecule is O=S(=O)(O)c1cccc2c1oc1ccccc12. The molecule has 2 aromatic carbocycles. The number of para-hydroxylation sites is 2. The minimum Gasteiger partial charge on any atom is -0.455 e. The van der Waals surface area contributed by atoms with Crippen molar-refractivity contribution in [3.05, 3.63) is 42.5 Å². The quantitative estimate of drug-likeness (QED) is 0.672. The first-order chi connectivity index (χ1) is 8.07. The summed E-state index contributed by atoms with van der Waals surface area (Å²) in [5.41, 5.74) is 0.787. The minimum absolute atomic E-state index is 0.191. The molecule has 0 bridgehead atoms. The Balaban J connectivity index is 2.57. The second-order valence-electron chi connectivity index (χ2n) is 3.71. The highest BCUT2D eigenvalue weighted by atomic mass is 32.2. The first kappa shape index (κ1) is 10.3. The van der Waals surface area contributed by atoms with E-state index in [1.165, 1.54) is 6.07 Å². The van der Waals surface area contributed by atoms with Crippen LogP contribution in [-0.4, -0.2) is 13.0 Å². The summed E-state index contributed by atoms with van der Waals surface area (Å²) in [4.78, 5) is -0.203. The Morgan fingerprint density at radius 2 is 1.65 bits per heavy atom. The van der Waals surface area contributed by atoms with Crippen LogP contribution in [0, 0.1) is 0 Å². The summed E-state index contributed by atoms with van der Waals surface area (Å²) < 4.78 is 37.0. The average molecular weight is 248 g/mol. The van der Waals surface area contributed by atoms with E-state index in [1.807, 2.05) is 12.1 Å². The van der Waals surface area contributed by atoms with E-state index in [1.54, 1.807) is 24.3 Å². The maximum Gasteiger partial charge on any atom is 0.298 e. The first-order valence-electron chi connectivity index (χ1n) is 4.95. The zero-order chi connectivity index (χ0) is 12.0. The molecule has 3 aromatic rings. The maximum atomic E-state index is 11.2. The molecule has 86 valence electrons. The van der Waals surface area contributed by atoms with Crippen molar-refractivity contribution in [2.45, 2.75) is 4.90 Å². The molecule has 0 saturated heterocycles. The van der Waals surface area contributed by atoms with Gasteiger partial charge in [0.15, 0.2) is 5.58 Å². The molecule has 0 radical (unpaired) electrons.